The summed E-state index contributed by atoms with van der Waals surface area (Å²) in [5.41, 5.74) is 4.34. The number of hydroxylamine groups is 1. The number of amides is 2. The highest BCUT2D eigenvalue weighted by Crippen LogP contribution is 2.37. The minimum Gasteiger partial charge on any atom is -0.493 e. The molecular formula is C22H24N2O6. The van der Waals surface area contributed by atoms with Crippen LogP contribution in [0.25, 0.3) is 0 Å². The highest BCUT2D eigenvalue weighted by atomic mass is 16.7. The Morgan fingerprint density at radius 3 is 2.60 bits per heavy atom. The number of nitrogens with one attached hydrogen (secondary N) is 1. The molecule has 3 rings (SSSR count). The molecule has 0 spiro atoms. The van der Waals surface area contributed by atoms with E-state index in [0.717, 1.165) is 5.56 Å². The highest BCUT2D eigenvalue weighted by molar-refractivity contribution is 5.98. The molecule has 0 bridgehead atoms. The van der Waals surface area contributed by atoms with E-state index in [1.807, 2.05) is 25.1 Å². The second kappa shape index (κ2) is 9.30. The van der Waals surface area contributed by atoms with Crippen molar-refractivity contribution >= 4 is 17.8 Å². The Balaban J connectivity index is 1.94. The summed E-state index contributed by atoms with van der Waals surface area (Å²) in [6.07, 6.45) is -0.0924. The molecule has 158 valence electrons. The van der Waals surface area contributed by atoms with Crippen molar-refractivity contribution in [3.8, 4) is 11.5 Å². The van der Waals surface area contributed by atoms with Crippen molar-refractivity contribution in [3.63, 3.8) is 0 Å². The molecular weight excluding hydrogens is 388 g/mol. The Hall–Kier alpha value is -3.55. The fraction of sp³-hybridized carbons (Fsp3) is 0.318. The molecule has 2 aromatic carbocycles. The zero-order valence-corrected chi connectivity index (χ0v) is 17.1. The van der Waals surface area contributed by atoms with Gasteiger partial charge in [0.25, 0.3) is 11.8 Å². The Bertz CT molecular complexity index is 958. The van der Waals surface area contributed by atoms with Crippen molar-refractivity contribution in [2.24, 2.45) is 0 Å². The molecule has 1 N–H and O–H groups in total. The van der Waals surface area contributed by atoms with Crippen LogP contribution in [0.5, 0.6) is 11.5 Å². The van der Waals surface area contributed by atoms with E-state index in [4.69, 9.17) is 9.47 Å². The molecule has 0 fully saturated rings. The Kier molecular flexibility index (Phi) is 6.56. The largest absolute Gasteiger partial charge is 0.493 e. The van der Waals surface area contributed by atoms with Gasteiger partial charge >= 0.3 is 5.97 Å². The summed E-state index contributed by atoms with van der Waals surface area (Å²) in [5.74, 6) is -0.239. The Morgan fingerprint density at radius 1 is 1.17 bits per heavy atom. The van der Waals surface area contributed by atoms with Gasteiger partial charge in [0.1, 0.15) is 0 Å². The van der Waals surface area contributed by atoms with E-state index in [9.17, 15) is 14.4 Å². The first-order chi connectivity index (χ1) is 14.4. The zero-order chi connectivity index (χ0) is 21.7. The van der Waals surface area contributed by atoms with Crippen LogP contribution >= 0.6 is 0 Å². The van der Waals surface area contributed by atoms with Crippen LogP contribution < -0.4 is 15.0 Å². The number of hydrogen-bond acceptors (Lipinski definition) is 6. The van der Waals surface area contributed by atoms with Crippen LogP contribution in [0.2, 0.25) is 0 Å². The summed E-state index contributed by atoms with van der Waals surface area (Å²) < 4.78 is 11.0. The lowest BCUT2D eigenvalue weighted by Crippen LogP contribution is -2.35. The van der Waals surface area contributed by atoms with Crippen molar-refractivity contribution in [1.82, 2.24) is 10.4 Å². The van der Waals surface area contributed by atoms with E-state index in [-0.39, 0.29) is 12.3 Å². The predicted molar refractivity (Wildman–Crippen MR) is 108 cm³/mol. The summed E-state index contributed by atoms with van der Waals surface area (Å²) in [6.45, 7) is 3.86. The van der Waals surface area contributed by atoms with E-state index in [0.29, 0.717) is 35.8 Å². The third-order valence-electron chi connectivity index (χ3n) is 4.79. The van der Waals surface area contributed by atoms with Crippen LogP contribution in [0.4, 0.5) is 0 Å². The van der Waals surface area contributed by atoms with Gasteiger partial charge < -0.3 is 19.2 Å². The van der Waals surface area contributed by atoms with Crippen LogP contribution in [0.3, 0.4) is 0 Å². The molecule has 0 saturated carbocycles. The number of carbonyl (C=O) groups excluding carboxylic acids is 3. The molecule has 0 aromatic heterocycles. The van der Waals surface area contributed by atoms with Crippen LogP contribution in [-0.2, 0) is 21.0 Å². The first-order valence-corrected chi connectivity index (χ1v) is 9.60. The average molecular weight is 412 g/mol. The summed E-state index contributed by atoms with van der Waals surface area (Å²) in [4.78, 5) is 42.7. The van der Waals surface area contributed by atoms with E-state index in [1.165, 1.54) is 6.92 Å². The van der Waals surface area contributed by atoms with E-state index in [1.54, 1.807) is 36.3 Å². The van der Waals surface area contributed by atoms with Gasteiger partial charge in [-0.3, -0.25) is 14.4 Å². The second-order valence-electron chi connectivity index (χ2n) is 6.77. The summed E-state index contributed by atoms with van der Waals surface area (Å²) in [5, 5.41) is 0. The maximum atomic E-state index is 13.0. The SMILES string of the molecule is CCOc1cc(C(CC(=O)NOC(C)=O)N2Cc3ccccc3C2=O)ccc1OC. The van der Waals surface area contributed by atoms with Gasteiger partial charge in [-0.2, -0.15) is 5.48 Å². The molecule has 8 nitrogen and oxygen atoms in total. The topological polar surface area (TPSA) is 94.2 Å². The van der Waals surface area contributed by atoms with E-state index < -0.39 is 17.9 Å². The summed E-state index contributed by atoms with van der Waals surface area (Å²) >= 11 is 0. The van der Waals surface area contributed by atoms with Gasteiger partial charge in [0.05, 0.1) is 26.2 Å². The fourth-order valence-corrected chi connectivity index (χ4v) is 3.45. The maximum Gasteiger partial charge on any atom is 0.329 e. The van der Waals surface area contributed by atoms with Gasteiger partial charge in [-0.05, 0) is 36.2 Å². The average Bonchev–Trinajstić information content (AvgIpc) is 3.07. The summed E-state index contributed by atoms with van der Waals surface area (Å²) in [7, 11) is 1.54. The van der Waals surface area contributed by atoms with E-state index in [2.05, 4.69) is 10.3 Å². The van der Waals surface area contributed by atoms with E-state index >= 15 is 0 Å². The number of ether oxygens (including phenoxy) is 2. The third-order valence-corrected chi connectivity index (χ3v) is 4.79. The molecule has 8 heteroatoms. The number of carbonyl (C=O) groups is 3. The molecule has 30 heavy (non-hydrogen) atoms. The molecule has 1 aliphatic heterocycles. The summed E-state index contributed by atoms with van der Waals surface area (Å²) in [6, 6.07) is 12.1. The van der Waals surface area contributed by atoms with Crippen molar-refractivity contribution in [2.75, 3.05) is 13.7 Å². The van der Waals surface area contributed by atoms with Crippen LogP contribution in [0, 0.1) is 0 Å². The molecule has 0 radical (unpaired) electrons. The fourth-order valence-electron chi connectivity index (χ4n) is 3.45. The second-order valence-corrected chi connectivity index (χ2v) is 6.77. The number of hydrogen-bond donors (Lipinski definition) is 1. The Morgan fingerprint density at radius 2 is 1.93 bits per heavy atom. The molecule has 1 heterocycles. The quantitative estimate of drug-likeness (QED) is 0.703. The van der Waals surface area contributed by atoms with Gasteiger partial charge in [-0.1, -0.05) is 24.3 Å². The number of methoxy groups -OCH3 is 1. The van der Waals surface area contributed by atoms with Crippen LogP contribution in [-0.4, -0.2) is 36.4 Å². The third kappa shape index (κ3) is 4.53. The van der Waals surface area contributed by atoms with Gasteiger partial charge in [0.15, 0.2) is 11.5 Å². The lowest BCUT2D eigenvalue weighted by molar-refractivity contribution is -0.156. The smallest absolute Gasteiger partial charge is 0.329 e. The first kappa shape index (κ1) is 21.2. The van der Waals surface area contributed by atoms with Gasteiger partial charge in [-0.25, -0.2) is 0 Å². The lowest BCUT2D eigenvalue weighted by Gasteiger charge is -2.28. The maximum absolute atomic E-state index is 13.0. The molecule has 0 aliphatic carbocycles. The van der Waals surface area contributed by atoms with Gasteiger partial charge in [-0.15, -0.1) is 0 Å². The molecule has 1 unspecified atom stereocenters. The number of rotatable bonds is 7. The standard InChI is InChI=1S/C22H24N2O6/c1-4-29-20-11-15(9-10-19(20)28-3)18(12-21(26)23-30-14(2)25)24-13-16-7-5-6-8-17(16)22(24)27/h5-11,18H,4,12-13H2,1-3H3,(H,23,26). The minimum absolute atomic E-state index is 0.0924. The first-order valence-electron chi connectivity index (χ1n) is 9.60. The molecule has 1 aliphatic rings. The Labute approximate surface area is 174 Å². The monoisotopic (exact) mass is 412 g/mol. The highest BCUT2D eigenvalue weighted by Gasteiger charge is 2.35. The molecule has 2 aromatic rings. The number of nitrogens with zero attached hydrogens (tertiary/aromatic N) is 1. The van der Waals surface area contributed by atoms with Crippen molar-refractivity contribution in [3.05, 3.63) is 59.2 Å². The lowest BCUT2D eigenvalue weighted by atomic mass is 10.0. The number of fused-ring (bicyclic) bond motifs is 1. The van der Waals surface area contributed by atoms with Crippen molar-refractivity contribution in [2.45, 2.75) is 32.9 Å². The van der Waals surface area contributed by atoms with Crippen molar-refractivity contribution in [1.29, 1.82) is 0 Å². The van der Waals surface area contributed by atoms with Crippen molar-refractivity contribution < 1.29 is 28.7 Å². The minimum atomic E-state index is -0.632. The molecule has 1 atom stereocenters. The predicted octanol–water partition coefficient (Wildman–Crippen LogP) is 2.78. The number of benzene rings is 2. The normalized spacial score (nSPS) is 13.4. The molecule has 2 amide bonds. The van der Waals surface area contributed by atoms with Gasteiger partial charge in [0.2, 0.25) is 0 Å². The molecule has 0 saturated heterocycles. The van der Waals surface area contributed by atoms with Crippen LogP contribution in [0.1, 0.15) is 47.8 Å². The van der Waals surface area contributed by atoms with Gasteiger partial charge in [0, 0.05) is 19.0 Å². The van der Waals surface area contributed by atoms with Crippen LogP contribution in [0.15, 0.2) is 42.5 Å². The zero-order valence-electron chi connectivity index (χ0n) is 17.1.